The largest absolute Gasteiger partial charge is 0.477 e. The molecule has 3 aliphatic rings. The Hall–Kier alpha value is -0.640. The second-order valence-corrected chi connectivity index (χ2v) is 7.89. The summed E-state index contributed by atoms with van der Waals surface area (Å²) in [4.78, 5) is 28.9. The van der Waals surface area contributed by atoms with Gasteiger partial charge in [0.25, 0.3) is 0 Å². The number of hydrogen-bond donors (Lipinski definition) is 2. The molecule has 0 aliphatic carbocycles. The van der Waals surface area contributed by atoms with Gasteiger partial charge in [0.2, 0.25) is 5.91 Å². The van der Waals surface area contributed by atoms with Gasteiger partial charge >= 0.3 is 5.97 Å². The van der Waals surface area contributed by atoms with Crippen LogP contribution in [-0.4, -0.2) is 61.5 Å². The van der Waals surface area contributed by atoms with Gasteiger partial charge in [0.15, 0.2) is 0 Å². The summed E-state index contributed by atoms with van der Waals surface area (Å²) >= 11 is 4.78. The minimum atomic E-state index is -1.05. The number of carbonyl (C=O) groups is 2. The van der Waals surface area contributed by atoms with Crippen molar-refractivity contribution in [2.45, 2.75) is 11.4 Å². The molecule has 1 amide bonds. The van der Waals surface area contributed by atoms with Crippen LogP contribution in [0.2, 0.25) is 0 Å². The quantitative estimate of drug-likeness (QED) is 0.723. The predicted molar refractivity (Wildman–Crippen MR) is 82.9 cm³/mol. The number of nitrogens with zero attached hydrogens (tertiary/aromatic N) is 2. The molecule has 9 heteroatoms. The number of hydrogen-bond acceptors (Lipinski definition) is 7. The van der Waals surface area contributed by atoms with Crippen molar-refractivity contribution in [3.63, 3.8) is 0 Å². The van der Waals surface area contributed by atoms with Crippen molar-refractivity contribution in [3.05, 3.63) is 11.3 Å². The Labute approximate surface area is 128 Å². The topological polar surface area (TPSA) is 96.0 Å². The third-order valence-corrected chi connectivity index (χ3v) is 6.92. The molecule has 6 nitrogen and oxygen atoms in total. The van der Waals surface area contributed by atoms with Crippen LogP contribution in [0.5, 0.6) is 0 Å². The van der Waals surface area contributed by atoms with E-state index in [9.17, 15) is 14.7 Å². The minimum Gasteiger partial charge on any atom is -0.477 e. The molecule has 3 heterocycles. The number of fused-ring (bicyclic) bond motifs is 1. The van der Waals surface area contributed by atoms with Crippen LogP contribution in [0, 0.1) is 0 Å². The second kappa shape index (κ2) is 5.63. The fourth-order valence-electron chi connectivity index (χ4n) is 2.24. The van der Waals surface area contributed by atoms with E-state index >= 15 is 0 Å². The Bertz CT molecular complexity index is 534. The van der Waals surface area contributed by atoms with Crippen molar-refractivity contribution in [1.29, 1.82) is 0 Å². The third-order valence-electron chi connectivity index (χ3n) is 3.22. The fraction of sp³-hybridized carbons (Fsp3) is 0.545. The highest BCUT2D eigenvalue weighted by atomic mass is 32.2. The molecule has 0 saturated carbocycles. The molecule has 1 fully saturated rings. The van der Waals surface area contributed by atoms with Gasteiger partial charge in [-0.15, -0.1) is 11.8 Å². The van der Waals surface area contributed by atoms with Crippen molar-refractivity contribution in [2.75, 3.05) is 23.8 Å². The maximum atomic E-state index is 11.8. The molecule has 0 radical (unpaired) electrons. The maximum Gasteiger partial charge on any atom is 0.352 e. The normalized spacial score (nSPS) is 29.1. The summed E-state index contributed by atoms with van der Waals surface area (Å²) in [6.45, 7) is 0.828. The first-order valence-corrected chi connectivity index (χ1v) is 9.07. The van der Waals surface area contributed by atoms with Gasteiger partial charge in [0.1, 0.15) is 21.5 Å². The summed E-state index contributed by atoms with van der Waals surface area (Å²) in [5, 5.41) is 9.16. The number of carboxylic acid groups (broad SMARTS) is 1. The Morgan fingerprint density at radius 2 is 2.40 bits per heavy atom. The summed E-state index contributed by atoms with van der Waals surface area (Å²) in [6, 6.07) is -0.571. The van der Waals surface area contributed by atoms with Gasteiger partial charge in [-0.3, -0.25) is 14.7 Å². The Balaban J connectivity index is 1.79. The number of aliphatic carboxylic acids is 1. The Kier molecular flexibility index (Phi) is 4.02. The van der Waals surface area contributed by atoms with E-state index in [1.165, 1.54) is 16.7 Å². The predicted octanol–water partition coefficient (Wildman–Crippen LogP) is 0.404. The molecule has 0 aromatic rings. The summed E-state index contributed by atoms with van der Waals surface area (Å²) in [5.41, 5.74) is 6.60. The van der Waals surface area contributed by atoms with E-state index in [2.05, 4.69) is 4.99 Å². The molecule has 3 rings (SSSR count). The summed E-state index contributed by atoms with van der Waals surface area (Å²) < 4.78 is 1.00. The fourth-order valence-corrected chi connectivity index (χ4v) is 5.68. The molecule has 108 valence electrons. The lowest BCUT2D eigenvalue weighted by Gasteiger charge is -2.48. The lowest BCUT2D eigenvalue weighted by atomic mass is 10.0. The Morgan fingerprint density at radius 1 is 1.60 bits per heavy atom. The molecule has 0 bridgehead atoms. The highest BCUT2D eigenvalue weighted by molar-refractivity contribution is 8.39. The lowest BCUT2D eigenvalue weighted by Crippen LogP contribution is -2.68. The van der Waals surface area contributed by atoms with Crippen LogP contribution in [0.1, 0.15) is 0 Å². The number of amides is 1. The molecule has 0 aromatic carbocycles. The molecule has 2 atom stereocenters. The smallest absolute Gasteiger partial charge is 0.352 e. The van der Waals surface area contributed by atoms with Crippen molar-refractivity contribution in [2.24, 2.45) is 10.7 Å². The first-order valence-electron chi connectivity index (χ1n) is 6.05. The van der Waals surface area contributed by atoms with Crippen molar-refractivity contribution in [3.8, 4) is 0 Å². The van der Waals surface area contributed by atoms with Crippen LogP contribution < -0.4 is 5.73 Å². The summed E-state index contributed by atoms with van der Waals surface area (Å²) in [7, 11) is 0. The molecule has 1 saturated heterocycles. The zero-order chi connectivity index (χ0) is 14.3. The van der Waals surface area contributed by atoms with E-state index in [-0.39, 0.29) is 17.0 Å². The van der Waals surface area contributed by atoms with Crippen molar-refractivity contribution < 1.29 is 14.7 Å². The highest BCUT2D eigenvalue weighted by Gasteiger charge is 2.51. The van der Waals surface area contributed by atoms with Crippen LogP contribution in [0.4, 0.5) is 0 Å². The van der Waals surface area contributed by atoms with Crippen molar-refractivity contribution in [1.82, 2.24) is 4.90 Å². The van der Waals surface area contributed by atoms with Crippen LogP contribution in [0.25, 0.3) is 0 Å². The number of carbonyl (C=O) groups excluding carboxylic acids is 1. The van der Waals surface area contributed by atoms with E-state index < -0.39 is 12.0 Å². The van der Waals surface area contributed by atoms with E-state index in [1.807, 2.05) is 0 Å². The van der Waals surface area contributed by atoms with Gasteiger partial charge in [-0.1, -0.05) is 23.5 Å². The zero-order valence-corrected chi connectivity index (χ0v) is 12.9. The number of β-lactam (4-membered cyclic amide) rings is 1. The molecule has 0 aromatic heterocycles. The lowest BCUT2D eigenvalue weighted by molar-refractivity contribution is -0.147. The van der Waals surface area contributed by atoms with Gasteiger partial charge in [-0.25, -0.2) is 4.79 Å². The number of aliphatic imine (C=N–C) groups is 1. The van der Waals surface area contributed by atoms with E-state index in [1.54, 1.807) is 23.5 Å². The van der Waals surface area contributed by atoms with E-state index in [4.69, 9.17) is 5.73 Å². The number of carboxylic acids is 1. The van der Waals surface area contributed by atoms with Gasteiger partial charge in [-0.2, -0.15) is 0 Å². The average molecular weight is 331 g/mol. The number of rotatable bonds is 3. The Morgan fingerprint density at radius 3 is 3.05 bits per heavy atom. The molecule has 20 heavy (non-hydrogen) atoms. The standard InChI is InChI=1S/C11H13N3O3S3/c12-6-8(15)14-7(10(16)17)5(3-19-9(6)14)4-20-11-13-1-2-18-11/h6,9H,1-4,12H2,(H,16,17)/t6?,9-/m0/s1. The van der Waals surface area contributed by atoms with Crippen LogP contribution in [0.3, 0.4) is 0 Å². The number of thioether (sulfide) groups is 3. The second-order valence-electron chi connectivity index (χ2n) is 4.48. The highest BCUT2D eigenvalue weighted by Crippen LogP contribution is 2.40. The van der Waals surface area contributed by atoms with Gasteiger partial charge in [0.05, 0.1) is 6.54 Å². The first kappa shape index (κ1) is 14.3. The van der Waals surface area contributed by atoms with Gasteiger partial charge < -0.3 is 10.8 Å². The molecule has 3 aliphatic heterocycles. The minimum absolute atomic E-state index is 0.122. The first-order chi connectivity index (χ1) is 9.59. The third kappa shape index (κ3) is 2.36. The zero-order valence-electron chi connectivity index (χ0n) is 10.4. The monoisotopic (exact) mass is 331 g/mol. The molecule has 0 spiro atoms. The van der Waals surface area contributed by atoms with E-state index in [0.29, 0.717) is 11.5 Å². The van der Waals surface area contributed by atoms with Crippen LogP contribution >= 0.6 is 35.3 Å². The van der Waals surface area contributed by atoms with Gasteiger partial charge in [-0.05, 0) is 5.57 Å². The molecular weight excluding hydrogens is 318 g/mol. The summed E-state index contributed by atoms with van der Waals surface area (Å²) in [6.07, 6.45) is 0. The van der Waals surface area contributed by atoms with E-state index in [0.717, 1.165) is 22.2 Å². The maximum absolute atomic E-state index is 11.8. The SMILES string of the molecule is NC1C(=O)N2C(C(=O)O)=C(CSC3=NCCS3)CS[C@@H]12. The average Bonchev–Trinajstić information content (AvgIpc) is 2.96. The molecule has 1 unspecified atom stereocenters. The van der Waals surface area contributed by atoms with Crippen LogP contribution in [0.15, 0.2) is 16.3 Å². The van der Waals surface area contributed by atoms with Crippen molar-refractivity contribution >= 4 is 51.5 Å². The van der Waals surface area contributed by atoms with Gasteiger partial charge in [0, 0.05) is 17.3 Å². The van der Waals surface area contributed by atoms with Crippen LogP contribution in [-0.2, 0) is 9.59 Å². The molecule has 3 N–H and O–H groups in total. The number of nitrogens with two attached hydrogens (primary N) is 1. The molecular formula is C11H13N3O3S3. The summed E-state index contributed by atoms with van der Waals surface area (Å²) in [5.74, 6) is 0.812.